The Morgan fingerprint density at radius 2 is 1.50 bits per heavy atom. The van der Waals surface area contributed by atoms with Crippen LogP contribution in [0.4, 0.5) is 0 Å². The van der Waals surface area contributed by atoms with E-state index < -0.39 is 0 Å². The number of rotatable bonds is 9. The van der Waals surface area contributed by atoms with Crippen molar-refractivity contribution in [2.24, 2.45) is 5.92 Å². The van der Waals surface area contributed by atoms with Crippen molar-refractivity contribution in [3.8, 4) is 0 Å². The molecule has 0 radical (unpaired) electrons. The maximum Gasteiger partial charge on any atom is 0.251 e. The fourth-order valence-electron chi connectivity index (χ4n) is 2.89. The molecule has 0 aliphatic carbocycles. The summed E-state index contributed by atoms with van der Waals surface area (Å²) in [5.74, 6) is 0.677. The molecule has 138 valence electrons. The number of amides is 2. The third kappa shape index (κ3) is 6.36. The normalized spacial score (nSPS) is 11.8. The molecule has 0 saturated carbocycles. The summed E-state index contributed by atoms with van der Waals surface area (Å²) in [7, 11) is 0. The van der Waals surface area contributed by atoms with Crippen molar-refractivity contribution in [1.29, 1.82) is 0 Å². The van der Waals surface area contributed by atoms with E-state index in [4.69, 9.17) is 0 Å². The maximum absolute atomic E-state index is 12.1. The van der Waals surface area contributed by atoms with Gasteiger partial charge in [-0.25, -0.2) is 0 Å². The smallest absolute Gasteiger partial charge is 0.251 e. The lowest BCUT2D eigenvalue weighted by atomic mass is 9.88. The summed E-state index contributed by atoms with van der Waals surface area (Å²) < 4.78 is 0. The lowest BCUT2D eigenvalue weighted by molar-refractivity contribution is -0.121. The molecule has 0 bridgehead atoms. The van der Waals surface area contributed by atoms with Gasteiger partial charge in [-0.1, -0.05) is 62.4 Å². The van der Waals surface area contributed by atoms with Crippen LogP contribution in [-0.4, -0.2) is 24.9 Å². The quantitative estimate of drug-likeness (QED) is 0.675. The summed E-state index contributed by atoms with van der Waals surface area (Å²) in [6.07, 6.45) is 1.04. The van der Waals surface area contributed by atoms with Crippen LogP contribution in [0.25, 0.3) is 0 Å². The Morgan fingerprint density at radius 1 is 0.885 bits per heavy atom. The van der Waals surface area contributed by atoms with Crippen molar-refractivity contribution in [1.82, 2.24) is 10.6 Å². The van der Waals surface area contributed by atoms with Crippen molar-refractivity contribution >= 4 is 11.8 Å². The van der Waals surface area contributed by atoms with Gasteiger partial charge >= 0.3 is 0 Å². The van der Waals surface area contributed by atoms with Gasteiger partial charge in [-0.15, -0.1) is 0 Å². The Labute approximate surface area is 156 Å². The van der Waals surface area contributed by atoms with E-state index >= 15 is 0 Å². The van der Waals surface area contributed by atoms with Crippen molar-refractivity contribution in [2.75, 3.05) is 13.1 Å². The van der Waals surface area contributed by atoms with Crippen LogP contribution >= 0.6 is 0 Å². The number of carbonyl (C=O) groups is 2. The molecule has 26 heavy (non-hydrogen) atoms. The first kappa shape index (κ1) is 19.7. The highest BCUT2D eigenvalue weighted by Gasteiger charge is 2.16. The van der Waals surface area contributed by atoms with Crippen LogP contribution in [0.2, 0.25) is 0 Å². The minimum absolute atomic E-state index is 0.0283. The molecule has 2 rings (SSSR count). The maximum atomic E-state index is 12.1. The van der Waals surface area contributed by atoms with E-state index in [2.05, 4.69) is 36.6 Å². The Morgan fingerprint density at radius 3 is 2.12 bits per heavy atom. The molecule has 0 fully saturated rings. The first-order valence-electron chi connectivity index (χ1n) is 9.23. The van der Waals surface area contributed by atoms with Gasteiger partial charge in [0.1, 0.15) is 0 Å². The SMILES string of the molecule is CC(C)C(CNC(=O)CCCNC(=O)c1ccccc1)c1ccccc1. The molecule has 2 aromatic carbocycles. The molecule has 0 aliphatic heterocycles. The minimum Gasteiger partial charge on any atom is -0.355 e. The molecule has 2 amide bonds. The topological polar surface area (TPSA) is 58.2 Å². The predicted octanol–water partition coefficient (Wildman–Crippen LogP) is 3.75. The second-order valence-corrected chi connectivity index (χ2v) is 6.79. The highest BCUT2D eigenvalue weighted by molar-refractivity contribution is 5.94. The van der Waals surface area contributed by atoms with Crippen LogP contribution in [-0.2, 0) is 4.79 Å². The zero-order chi connectivity index (χ0) is 18.8. The third-order valence-corrected chi connectivity index (χ3v) is 4.45. The summed E-state index contributed by atoms with van der Waals surface area (Å²) in [6, 6.07) is 19.4. The van der Waals surface area contributed by atoms with Crippen LogP contribution in [0.1, 0.15) is 48.5 Å². The van der Waals surface area contributed by atoms with E-state index in [1.807, 2.05) is 36.4 Å². The number of benzene rings is 2. The Balaban J connectivity index is 1.69. The fraction of sp³-hybridized carbons (Fsp3) is 0.364. The zero-order valence-corrected chi connectivity index (χ0v) is 15.6. The predicted molar refractivity (Wildman–Crippen MR) is 105 cm³/mol. The number of hydrogen-bond donors (Lipinski definition) is 2. The highest BCUT2D eigenvalue weighted by Crippen LogP contribution is 2.23. The number of nitrogens with one attached hydrogen (secondary N) is 2. The summed E-state index contributed by atoms with van der Waals surface area (Å²) >= 11 is 0. The van der Waals surface area contributed by atoms with E-state index in [9.17, 15) is 9.59 Å². The molecule has 0 aromatic heterocycles. The van der Waals surface area contributed by atoms with Crippen LogP contribution in [0, 0.1) is 5.92 Å². The monoisotopic (exact) mass is 352 g/mol. The molecule has 0 heterocycles. The van der Waals surface area contributed by atoms with Gasteiger partial charge in [-0.05, 0) is 30.0 Å². The summed E-state index contributed by atoms with van der Waals surface area (Å²) in [5, 5.41) is 5.88. The average molecular weight is 352 g/mol. The molecule has 4 nitrogen and oxygen atoms in total. The highest BCUT2D eigenvalue weighted by atomic mass is 16.2. The second kappa shape index (κ2) is 10.4. The third-order valence-electron chi connectivity index (χ3n) is 4.45. The standard InChI is InChI=1S/C22H28N2O2/c1-17(2)20(18-10-5-3-6-11-18)16-24-21(25)14-9-15-23-22(26)19-12-7-4-8-13-19/h3-8,10-13,17,20H,9,14-16H2,1-2H3,(H,23,26)(H,24,25). The molecule has 1 unspecified atom stereocenters. The Hall–Kier alpha value is -2.62. The summed E-state index contributed by atoms with van der Waals surface area (Å²) in [4.78, 5) is 24.0. The van der Waals surface area contributed by atoms with Crippen LogP contribution in [0.15, 0.2) is 60.7 Å². The van der Waals surface area contributed by atoms with E-state index in [1.54, 1.807) is 12.1 Å². The van der Waals surface area contributed by atoms with Crippen LogP contribution in [0.3, 0.4) is 0 Å². The molecule has 1 atom stereocenters. The van der Waals surface area contributed by atoms with Crippen molar-refractivity contribution in [3.63, 3.8) is 0 Å². The fourth-order valence-corrected chi connectivity index (χ4v) is 2.89. The summed E-state index contributed by atoms with van der Waals surface area (Å²) in [6.45, 7) is 5.47. The van der Waals surface area contributed by atoms with Crippen LogP contribution < -0.4 is 10.6 Å². The zero-order valence-electron chi connectivity index (χ0n) is 15.6. The van der Waals surface area contributed by atoms with Gasteiger partial charge < -0.3 is 10.6 Å². The van der Waals surface area contributed by atoms with Gasteiger partial charge in [0.2, 0.25) is 5.91 Å². The molecule has 2 aromatic rings. The van der Waals surface area contributed by atoms with E-state index in [0.717, 1.165) is 0 Å². The van der Waals surface area contributed by atoms with Gasteiger partial charge in [0, 0.05) is 31.0 Å². The van der Waals surface area contributed by atoms with Crippen molar-refractivity contribution in [2.45, 2.75) is 32.6 Å². The molecule has 0 saturated heterocycles. The lowest BCUT2D eigenvalue weighted by Crippen LogP contribution is -2.31. The molecule has 0 aliphatic rings. The molecular formula is C22H28N2O2. The largest absolute Gasteiger partial charge is 0.355 e. The average Bonchev–Trinajstić information content (AvgIpc) is 2.66. The Kier molecular flexibility index (Phi) is 7.87. The molecule has 4 heteroatoms. The molecular weight excluding hydrogens is 324 g/mol. The first-order chi connectivity index (χ1) is 12.6. The van der Waals surface area contributed by atoms with E-state index in [1.165, 1.54) is 5.56 Å². The van der Waals surface area contributed by atoms with Gasteiger partial charge in [0.15, 0.2) is 0 Å². The molecule has 0 spiro atoms. The van der Waals surface area contributed by atoms with Gasteiger partial charge in [-0.2, -0.15) is 0 Å². The van der Waals surface area contributed by atoms with Gasteiger partial charge in [0.25, 0.3) is 5.91 Å². The number of hydrogen-bond acceptors (Lipinski definition) is 2. The number of carbonyl (C=O) groups excluding carboxylic acids is 2. The molecule has 2 N–H and O–H groups in total. The van der Waals surface area contributed by atoms with Gasteiger partial charge in [0.05, 0.1) is 0 Å². The van der Waals surface area contributed by atoms with Crippen molar-refractivity contribution < 1.29 is 9.59 Å². The summed E-state index contributed by atoms with van der Waals surface area (Å²) in [5.41, 5.74) is 1.89. The van der Waals surface area contributed by atoms with E-state index in [-0.39, 0.29) is 11.8 Å². The van der Waals surface area contributed by atoms with E-state index in [0.29, 0.717) is 43.3 Å². The second-order valence-electron chi connectivity index (χ2n) is 6.79. The minimum atomic E-state index is -0.102. The van der Waals surface area contributed by atoms with Gasteiger partial charge in [-0.3, -0.25) is 9.59 Å². The Bertz CT molecular complexity index is 684. The van der Waals surface area contributed by atoms with Crippen LogP contribution in [0.5, 0.6) is 0 Å². The van der Waals surface area contributed by atoms with Crippen molar-refractivity contribution in [3.05, 3.63) is 71.8 Å². The first-order valence-corrected chi connectivity index (χ1v) is 9.23. The lowest BCUT2D eigenvalue weighted by Gasteiger charge is -2.22.